The molecule has 2 unspecified atom stereocenters. The zero-order valence-electron chi connectivity index (χ0n) is 27.1. The van der Waals surface area contributed by atoms with E-state index in [-0.39, 0.29) is 18.8 Å². The van der Waals surface area contributed by atoms with Crippen molar-refractivity contribution in [1.29, 1.82) is 0 Å². The monoisotopic (exact) mass is 631 g/mol. The molecular weight excluding hydrogens is 578 g/mol. The van der Waals surface area contributed by atoms with Crippen molar-refractivity contribution in [2.24, 2.45) is 5.92 Å². The molecule has 5 N–H and O–H groups in total. The molecule has 44 heavy (non-hydrogen) atoms. The molecule has 0 amide bonds. The number of thiazole rings is 1. The predicted octanol–water partition coefficient (Wildman–Crippen LogP) is 5.77. The van der Waals surface area contributed by atoms with E-state index >= 15 is 0 Å². The molecule has 1 aromatic rings. The normalized spacial score (nSPS) is 28.0. The highest BCUT2D eigenvalue weighted by Crippen LogP contribution is 2.29. The van der Waals surface area contributed by atoms with Crippen molar-refractivity contribution in [3.05, 3.63) is 69.3 Å². The Morgan fingerprint density at radius 3 is 2.55 bits per heavy atom. The summed E-state index contributed by atoms with van der Waals surface area (Å²) in [6, 6.07) is 0. The van der Waals surface area contributed by atoms with Crippen LogP contribution in [0.2, 0.25) is 0 Å². The van der Waals surface area contributed by atoms with Gasteiger partial charge in [0.05, 0.1) is 35.1 Å². The van der Waals surface area contributed by atoms with Crippen molar-refractivity contribution in [2.45, 2.75) is 129 Å². The van der Waals surface area contributed by atoms with Crippen LogP contribution in [-0.4, -0.2) is 73.1 Å². The average Bonchev–Trinajstić information content (AvgIpc) is 3.47. The summed E-state index contributed by atoms with van der Waals surface area (Å²) in [6.45, 7) is 11.3. The maximum atomic E-state index is 13.8. The minimum atomic E-state index is -1.48. The second kappa shape index (κ2) is 19.2. The number of ether oxygens (including phenoxy) is 1. The fourth-order valence-electron chi connectivity index (χ4n) is 5.08. The first-order valence-electron chi connectivity index (χ1n) is 15.8. The van der Waals surface area contributed by atoms with Crippen molar-refractivity contribution in [1.82, 2.24) is 4.98 Å². The first-order chi connectivity index (χ1) is 20.9. The van der Waals surface area contributed by atoms with Crippen molar-refractivity contribution in [3.63, 3.8) is 0 Å². The third kappa shape index (κ3) is 11.8. The molecule has 0 aliphatic carbocycles. The Balaban J connectivity index is 2.55. The predicted molar refractivity (Wildman–Crippen MR) is 177 cm³/mol. The summed E-state index contributed by atoms with van der Waals surface area (Å²) in [4.78, 5) is 18.4. The fraction of sp³-hybridized carbons (Fsp3) is 0.600. The number of carbonyl (C=O) groups excluding carboxylic acids is 1. The van der Waals surface area contributed by atoms with Crippen LogP contribution in [0.4, 0.5) is 0 Å². The Hall–Kier alpha value is -2.40. The maximum absolute atomic E-state index is 13.8. The summed E-state index contributed by atoms with van der Waals surface area (Å²) < 4.78 is 5.98. The molecule has 1 aliphatic heterocycles. The molecule has 8 nitrogen and oxygen atoms in total. The van der Waals surface area contributed by atoms with Crippen LogP contribution in [0.15, 0.2) is 58.6 Å². The molecule has 1 aromatic heterocycles. The number of hydrogen-bond donors (Lipinski definition) is 5. The van der Waals surface area contributed by atoms with Gasteiger partial charge in [-0.2, -0.15) is 0 Å². The van der Waals surface area contributed by atoms with Crippen LogP contribution in [0.3, 0.4) is 0 Å². The number of hydrogen-bond acceptors (Lipinski definition) is 9. The van der Waals surface area contributed by atoms with E-state index in [2.05, 4.69) is 11.9 Å². The van der Waals surface area contributed by atoms with E-state index in [1.807, 2.05) is 38.3 Å². The summed E-state index contributed by atoms with van der Waals surface area (Å²) in [7, 11) is 0. The van der Waals surface area contributed by atoms with E-state index in [0.717, 1.165) is 31.3 Å². The Labute approximate surface area is 267 Å². The van der Waals surface area contributed by atoms with Gasteiger partial charge < -0.3 is 30.3 Å². The Morgan fingerprint density at radius 1 is 1.14 bits per heavy atom. The number of aromatic nitrogens is 1. The van der Waals surface area contributed by atoms with Crippen LogP contribution in [0.1, 0.15) is 103 Å². The van der Waals surface area contributed by atoms with Crippen molar-refractivity contribution in [2.75, 3.05) is 0 Å². The van der Waals surface area contributed by atoms with Gasteiger partial charge in [-0.25, -0.2) is 9.78 Å². The van der Waals surface area contributed by atoms with E-state index in [1.54, 1.807) is 44.2 Å². The third-order valence-electron chi connectivity index (χ3n) is 8.20. The Kier molecular flexibility index (Phi) is 16.5. The van der Waals surface area contributed by atoms with Gasteiger partial charge in [0.2, 0.25) is 0 Å². The van der Waals surface area contributed by atoms with Crippen LogP contribution in [0, 0.1) is 5.92 Å². The first-order valence-corrected chi connectivity index (χ1v) is 16.7. The number of carbonyl (C=O) groups is 1. The first kappa shape index (κ1) is 37.8. The Morgan fingerprint density at radius 2 is 1.86 bits per heavy atom. The van der Waals surface area contributed by atoms with Crippen molar-refractivity contribution >= 4 is 23.4 Å². The van der Waals surface area contributed by atoms with Crippen LogP contribution < -0.4 is 0 Å². The second-order valence-corrected chi connectivity index (χ2v) is 12.8. The van der Waals surface area contributed by atoms with E-state index in [4.69, 9.17) is 4.74 Å². The SMILES string of the molecule is C/C=C(C)/C=C(\C)C(O)C(C)[C@@H]1OC(=O)C(CCCCCC)=Cc2csc(n2)[C@@H](C)[C@H](O)C[C@@H](O)C=CC=CC[C@@H](O)[C@@H]1O. The smallest absolute Gasteiger partial charge is 0.334 e. The molecule has 0 spiro atoms. The van der Waals surface area contributed by atoms with Gasteiger partial charge in [0, 0.05) is 29.2 Å². The molecule has 8 atom stereocenters. The number of cyclic esters (lactones) is 1. The van der Waals surface area contributed by atoms with E-state index in [0.29, 0.717) is 28.3 Å². The lowest BCUT2D eigenvalue weighted by Gasteiger charge is -2.34. The van der Waals surface area contributed by atoms with E-state index < -0.39 is 48.5 Å². The lowest BCUT2D eigenvalue weighted by molar-refractivity contribution is -0.164. The second-order valence-electron chi connectivity index (χ2n) is 12.0. The van der Waals surface area contributed by atoms with E-state index in [1.165, 1.54) is 11.3 Å². The van der Waals surface area contributed by atoms with Gasteiger partial charge in [0.15, 0.2) is 0 Å². The third-order valence-corrected chi connectivity index (χ3v) is 9.26. The van der Waals surface area contributed by atoms with Crippen LogP contribution >= 0.6 is 11.3 Å². The average molecular weight is 632 g/mol. The highest BCUT2D eigenvalue weighted by atomic mass is 32.1. The summed E-state index contributed by atoms with van der Waals surface area (Å²) in [6.07, 6.45) is 9.51. The summed E-state index contributed by atoms with van der Waals surface area (Å²) in [5, 5.41) is 57.1. The standard InChI is InChI=1S/C35H53NO7S/c1-7-9-10-12-15-26-19-27-21-44-34(36-27)24(5)30(39)20-28(37)16-13-11-14-17-29(38)32(41)33(43-35(26)42)25(6)31(40)23(4)18-22(3)8-2/h8,11,13-14,16,18-19,21,24-25,28-33,37-41H,7,9-10,12,15,17,20H2,1-6H3/b14-11?,16-13?,22-8+,23-18+,26-19?/t24-,25?,28-,29+,30+,31?,32-,33-/m0/s1. The number of fused-ring (bicyclic) bond motifs is 2. The minimum absolute atomic E-state index is 0.0473. The van der Waals surface area contributed by atoms with Gasteiger partial charge in [-0.1, -0.05) is 82.1 Å². The summed E-state index contributed by atoms with van der Waals surface area (Å²) in [5.74, 6) is -1.71. The van der Waals surface area contributed by atoms with Gasteiger partial charge in [0.25, 0.3) is 0 Å². The van der Waals surface area contributed by atoms with Gasteiger partial charge >= 0.3 is 5.97 Å². The molecular formula is C35H53NO7S. The molecule has 0 aromatic carbocycles. The number of allylic oxidation sites excluding steroid dienone is 5. The molecule has 0 fully saturated rings. The number of esters is 1. The van der Waals surface area contributed by atoms with Gasteiger partial charge in [0.1, 0.15) is 12.2 Å². The molecule has 2 bridgehead atoms. The van der Waals surface area contributed by atoms with E-state index in [9.17, 15) is 30.3 Å². The van der Waals surface area contributed by atoms with Gasteiger partial charge in [-0.3, -0.25) is 0 Å². The number of nitrogens with zero attached hydrogens (tertiary/aromatic N) is 1. The molecule has 246 valence electrons. The van der Waals surface area contributed by atoms with Crippen LogP contribution in [-0.2, 0) is 9.53 Å². The minimum Gasteiger partial charge on any atom is -0.456 e. The number of rotatable bonds is 9. The number of unbranched alkanes of at least 4 members (excludes halogenated alkanes) is 3. The zero-order chi connectivity index (χ0) is 32.8. The molecule has 0 radical (unpaired) electrons. The lowest BCUT2D eigenvalue weighted by atomic mass is 9.87. The number of aliphatic hydroxyl groups is 5. The molecule has 2 heterocycles. The van der Waals surface area contributed by atoms with Crippen molar-refractivity contribution < 1.29 is 35.1 Å². The van der Waals surface area contributed by atoms with Gasteiger partial charge in [-0.05, 0) is 51.7 Å². The Bertz CT molecular complexity index is 1180. The molecule has 0 saturated heterocycles. The summed E-state index contributed by atoms with van der Waals surface area (Å²) in [5.41, 5.74) is 2.54. The topological polar surface area (TPSA) is 140 Å². The van der Waals surface area contributed by atoms with Crippen LogP contribution in [0.5, 0.6) is 0 Å². The zero-order valence-corrected chi connectivity index (χ0v) is 27.9. The molecule has 9 heteroatoms. The molecule has 1 aliphatic rings. The number of aliphatic hydroxyl groups excluding tert-OH is 5. The fourth-order valence-corrected chi connectivity index (χ4v) is 5.97. The van der Waals surface area contributed by atoms with Crippen molar-refractivity contribution in [3.8, 4) is 0 Å². The van der Waals surface area contributed by atoms with Gasteiger partial charge in [-0.15, -0.1) is 11.3 Å². The largest absolute Gasteiger partial charge is 0.456 e. The maximum Gasteiger partial charge on any atom is 0.334 e. The summed E-state index contributed by atoms with van der Waals surface area (Å²) >= 11 is 1.37. The van der Waals surface area contributed by atoms with Crippen LogP contribution in [0.25, 0.3) is 6.08 Å². The lowest BCUT2D eigenvalue weighted by Crippen LogP contribution is -2.47. The molecule has 2 rings (SSSR count). The quantitative estimate of drug-likeness (QED) is 0.131. The molecule has 0 saturated carbocycles. The highest BCUT2D eigenvalue weighted by Gasteiger charge is 2.38. The highest BCUT2D eigenvalue weighted by molar-refractivity contribution is 7.09.